The second-order valence-corrected chi connectivity index (χ2v) is 32.7. The number of aliphatic hydroxyl groups is 4. The van der Waals surface area contributed by atoms with E-state index in [0.717, 1.165) is 52.0 Å². The summed E-state index contributed by atoms with van der Waals surface area (Å²) in [6.07, 6.45) is 2.26. The molecule has 0 spiro atoms. The van der Waals surface area contributed by atoms with Crippen LogP contribution in [0.2, 0.25) is 0 Å². The van der Waals surface area contributed by atoms with Gasteiger partial charge in [0.05, 0.1) is 52.7 Å². The van der Waals surface area contributed by atoms with Gasteiger partial charge in [0.1, 0.15) is 35.8 Å². The van der Waals surface area contributed by atoms with Gasteiger partial charge in [-0.3, -0.25) is 33.6 Å². The zero-order chi connectivity index (χ0) is 77.1. The number of nitrogens with zero attached hydrogens (tertiary/aromatic N) is 5. The highest BCUT2D eigenvalue weighted by molar-refractivity contribution is 5.98. The normalized spacial score (nSPS) is 27.3. The first-order chi connectivity index (χ1) is 50.3. The van der Waals surface area contributed by atoms with Gasteiger partial charge in [0.2, 0.25) is 17.7 Å². The first-order valence-corrected chi connectivity index (χ1v) is 37.8. The summed E-state index contributed by atoms with van der Waals surface area (Å²) in [6, 6.07) is 29.5. The number of benzene rings is 5. The van der Waals surface area contributed by atoms with Crippen LogP contribution in [0, 0.1) is 58.2 Å². The van der Waals surface area contributed by atoms with Crippen LogP contribution >= 0.6 is 0 Å². The lowest BCUT2D eigenvalue weighted by atomic mass is 9.45. The Kier molecular flexibility index (Phi) is 25.8. The van der Waals surface area contributed by atoms with Crippen LogP contribution in [0.3, 0.4) is 0 Å². The summed E-state index contributed by atoms with van der Waals surface area (Å²) in [6.45, 7) is 18.3. The highest BCUT2D eigenvalue weighted by Crippen LogP contribution is 2.62. The van der Waals surface area contributed by atoms with Crippen LogP contribution in [-0.2, 0) is 37.0 Å². The summed E-state index contributed by atoms with van der Waals surface area (Å²) < 4.78 is 12.1. The second kappa shape index (κ2) is 33.8. The van der Waals surface area contributed by atoms with Gasteiger partial charge >= 0.3 is 0 Å². The van der Waals surface area contributed by atoms with E-state index < -0.39 is 67.5 Å². The van der Waals surface area contributed by atoms with E-state index in [0.29, 0.717) is 76.3 Å². The summed E-state index contributed by atoms with van der Waals surface area (Å²) >= 11 is 0. The molecule has 4 bridgehead atoms. The van der Waals surface area contributed by atoms with Crippen LogP contribution in [0.25, 0.3) is 22.3 Å². The van der Waals surface area contributed by atoms with Gasteiger partial charge in [-0.1, -0.05) is 108 Å². The number of para-hydroxylation sites is 2. The van der Waals surface area contributed by atoms with Gasteiger partial charge in [-0.25, -0.2) is 0 Å². The van der Waals surface area contributed by atoms with Crippen LogP contribution in [0.1, 0.15) is 131 Å². The zero-order valence-corrected chi connectivity index (χ0v) is 65.5. The molecule has 578 valence electrons. The summed E-state index contributed by atoms with van der Waals surface area (Å²) in [4.78, 5) is 86.4. The maximum atomic E-state index is 14.5. The van der Waals surface area contributed by atoms with Crippen LogP contribution in [0.15, 0.2) is 103 Å². The van der Waals surface area contributed by atoms with Gasteiger partial charge in [-0.05, 0) is 159 Å². The molecule has 5 aromatic rings. The molecule has 23 nitrogen and oxygen atoms in total. The molecule has 0 aromatic heterocycles. The number of rotatable bonds is 27. The first-order valence-electron chi connectivity index (χ1n) is 37.8. The number of carbonyl (C=O) groups is 5. The van der Waals surface area contributed by atoms with E-state index in [1.165, 1.54) is 24.8 Å². The van der Waals surface area contributed by atoms with Crippen LogP contribution in [-0.4, -0.2) is 209 Å². The number of methoxy groups -OCH3 is 2. The molecule has 106 heavy (non-hydrogen) atoms. The highest BCUT2D eigenvalue weighted by Gasteiger charge is 2.60. The molecular formula is C83H118N10O13. The Morgan fingerprint density at radius 1 is 0.632 bits per heavy atom. The van der Waals surface area contributed by atoms with Gasteiger partial charge in [-0.15, -0.1) is 0 Å². The number of ether oxygens (including phenoxy) is 2. The average Bonchev–Trinajstić information content (AvgIpc) is 0.905. The maximum absolute atomic E-state index is 14.5. The summed E-state index contributed by atoms with van der Waals surface area (Å²) in [5.41, 5.74) is 8.61. The van der Waals surface area contributed by atoms with Gasteiger partial charge in [-0.2, -0.15) is 10.1 Å². The Morgan fingerprint density at radius 3 is 1.62 bits per heavy atom. The number of amides is 5. The molecule has 0 radical (unpaired) electrons. The van der Waals surface area contributed by atoms with Gasteiger partial charge < -0.3 is 71.2 Å². The number of nitrogens with one attached hydrogen (secondary N) is 5. The molecule has 23 heteroatoms. The fourth-order valence-electron chi connectivity index (χ4n) is 18.6. The third kappa shape index (κ3) is 16.8. The molecule has 9 N–H and O–H groups in total. The minimum Gasteiger partial charge on any atom is -0.496 e. The lowest BCUT2D eigenvalue weighted by molar-refractivity contribution is -0.206. The molecule has 6 saturated carbocycles. The third-order valence-corrected chi connectivity index (χ3v) is 24.7. The van der Waals surface area contributed by atoms with Crippen LogP contribution in [0.5, 0.6) is 11.5 Å². The van der Waals surface area contributed by atoms with Crippen molar-refractivity contribution in [1.82, 2.24) is 41.6 Å². The topological polar surface area (TPSA) is 280 Å². The number of fused-ring (bicyclic) bond motifs is 4. The number of hydrogen-bond donors (Lipinski definition) is 9. The molecule has 2 heterocycles. The molecule has 5 aromatic carbocycles. The van der Waals surface area contributed by atoms with Crippen LogP contribution < -0.4 is 45.9 Å². The third-order valence-electron chi connectivity index (χ3n) is 24.7. The van der Waals surface area contributed by atoms with E-state index in [2.05, 4.69) is 85.2 Å². The average molecular weight is 1460 g/mol. The van der Waals surface area contributed by atoms with E-state index in [1.807, 2.05) is 150 Å². The predicted molar refractivity (Wildman–Crippen MR) is 412 cm³/mol. The molecule has 2 aliphatic heterocycles. The largest absolute Gasteiger partial charge is 0.496 e. The number of carbonyl (C=O) groups excluding carboxylic acids is 5. The summed E-state index contributed by atoms with van der Waals surface area (Å²) in [5, 5.41) is 61.9. The lowest BCUT2D eigenvalue weighted by Crippen LogP contribution is -2.62. The number of hydroxylamine groups is 4. The second-order valence-electron chi connectivity index (χ2n) is 32.7. The molecule has 18 atom stereocenters. The van der Waals surface area contributed by atoms with Crippen molar-refractivity contribution in [2.75, 3.05) is 99.7 Å². The minimum absolute atomic E-state index is 0.0359. The van der Waals surface area contributed by atoms with Crippen molar-refractivity contribution < 1.29 is 63.5 Å². The molecule has 2 saturated heterocycles. The molecule has 5 amide bonds. The number of anilines is 2. The van der Waals surface area contributed by atoms with E-state index in [1.54, 1.807) is 33.3 Å². The highest BCUT2D eigenvalue weighted by atomic mass is 16.7. The molecule has 4 unspecified atom stereocenters. The van der Waals surface area contributed by atoms with Gasteiger partial charge in [0.25, 0.3) is 11.8 Å². The number of aliphatic hydroxyl groups excluding tert-OH is 4. The van der Waals surface area contributed by atoms with E-state index in [9.17, 15) is 44.4 Å². The van der Waals surface area contributed by atoms with E-state index in [4.69, 9.17) is 19.1 Å². The fraction of sp³-hybridized carbons (Fsp3) is 0.578. The molecule has 13 rings (SSSR count). The van der Waals surface area contributed by atoms with Crippen molar-refractivity contribution >= 4 is 40.9 Å². The first kappa shape index (κ1) is 80.8. The Balaban J connectivity index is 0.000000231. The lowest BCUT2D eigenvalue weighted by Gasteiger charge is -2.62. The van der Waals surface area contributed by atoms with Crippen molar-refractivity contribution in [3.63, 3.8) is 0 Å². The monoisotopic (exact) mass is 1460 g/mol. The number of hydrogen-bond acceptors (Lipinski definition) is 18. The van der Waals surface area contributed by atoms with Crippen molar-refractivity contribution in [2.24, 2.45) is 58.2 Å². The molecule has 8 fully saturated rings. The molecular weight excluding hydrogens is 1340 g/mol. The summed E-state index contributed by atoms with van der Waals surface area (Å²) in [5.74, 6) is 1.41. The fourth-order valence-corrected chi connectivity index (χ4v) is 18.6. The molecule has 8 aliphatic rings. The smallest absolute Gasteiger partial charge is 0.251 e. The van der Waals surface area contributed by atoms with E-state index >= 15 is 0 Å². The van der Waals surface area contributed by atoms with Crippen molar-refractivity contribution in [1.29, 1.82) is 0 Å². The Bertz CT molecular complexity index is 3910. The van der Waals surface area contributed by atoms with Crippen molar-refractivity contribution in [3.05, 3.63) is 131 Å². The summed E-state index contributed by atoms with van der Waals surface area (Å²) in [7, 11) is 16.4. The molecule has 6 aliphatic carbocycles. The number of likely N-dealkylation sites (N-methyl/N-ethyl adjacent to an activating group) is 1. The SMILES string of the molecule is CNC(=O)c1cc(-c2cccc(CN3O[C@@H](CO)[C@@H](C(C)NC(C)=O)[C@H]3C(=O)N[C@H]3C[C@H]4C[C@@H]([C@@H]3C)C4(C)C)c2OC)cc(N(C)C)c1.COc1c(-c2cc(C(=O)N[C@@H](Cc3ccccc3)CN(C)C)cc(N(C)C)c2)cccc1C(CO)N1O[C@@H](CO)[C@@H](C(C)O)[C@H]1C(=O)NC1C[C@H]2C[C@@H]([C@@H]1C)C2(C)C. The van der Waals surface area contributed by atoms with Gasteiger partial charge in [0.15, 0.2) is 0 Å². The quantitative estimate of drug-likeness (QED) is 0.0240. The zero-order valence-electron chi connectivity index (χ0n) is 65.5. The van der Waals surface area contributed by atoms with Crippen molar-refractivity contribution in [2.45, 2.75) is 162 Å². The van der Waals surface area contributed by atoms with Crippen molar-refractivity contribution in [3.8, 4) is 33.8 Å². The minimum atomic E-state index is -1.01. The van der Waals surface area contributed by atoms with Crippen LogP contribution in [0.4, 0.5) is 11.4 Å². The Hall–Kier alpha value is -7.71. The standard InChI is InChI=1S/C46H65N5O7.C37H53N5O6/c1-27-37-22-32(46(37,3)4)23-38(27)48-45(56)42-41(28(2)54)40(26-53)58-51(42)39(25-52)36-17-13-16-35(43(36)57-9)30-19-31(21-34(20-30)50(7)8)44(55)47-33(24-49(5)6)18-29-14-11-10-12-15-29;1-20-29-16-26(37(29,4)5)17-30(20)40-36(46)33-32(21(2)39-22(3)44)31(19-43)48-42(33)18-23-11-10-12-28(34(23)47-9)24-13-25(35(45)38-6)15-27(14-24)41(7)8/h10-17,19-21,27-28,32-33,37-42,52-54H,18,22-26H2,1-9H3,(H,47,55)(H,48,56);10-15,20-21,26,29-33,43H,16-19H2,1-9H3,(H,38,45)(H,39,44)(H,40,46)/t27-,28?,32+,33-,37-,38?,39?,40-,41+,42-;20-,21?,26+,29-,30-,31-,32+,33-/m00/s1. The Morgan fingerprint density at radius 2 is 1.15 bits per heavy atom. The predicted octanol–water partition coefficient (Wildman–Crippen LogP) is 8.12. The van der Waals surface area contributed by atoms with E-state index in [-0.39, 0.29) is 77.6 Å². The van der Waals surface area contributed by atoms with Gasteiger partial charge in [0, 0.05) is 129 Å². The Labute approximate surface area is 627 Å². The maximum Gasteiger partial charge on any atom is 0.251 e.